The van der Waals surface area contributed by atoms with Crippen LogP contribution in [0.4, 0.5) is 0 Å². The fourth-order valence-electron chi connectivity index (χ4n) is 2.62. The van der Waals surface area contributed by atoms with Crippen molar-refractivity contribution in [3.05, 3.63) is 0 Å². The minimum absolute atomic E-state index is 0.212. The molecule has 1 aliphatic heterocycles. The van der Waals surface area contributed by atoms with Gasteiger partial charge in [-0.1, -0.05) is 39.3 Å². The van der Waals surface area contributed by atoms with Gasteiger partial charge in [0.1, 0.15) is 0 Å². The maximum Gasteiger partial charge on any atom is 0.448 e. The maximum absolute atomic E-state index is 2.95. The van der Waals surface area contributed by atoms with Crippen LogP contribution >= 0.6 is 0 Å². The van der Waals surface area contributed by atoms with Crippen LogP contribution in [0.5, 0.6) is 0 Å². The normalized spacial score (nSPS) is 23.1. The Morgan fingerprint density at radius 2 is 1.05 bits per heavy atom. The van der Waals surface area contributed by atoms with E-state index in [1.165, 1.54) is 39.0 Å². The Kier molecular flexibility index (Phi) is 6.79. The van der Waals surface area contributed by atoms with E-state index in [1.807, 2.05) is 0 Å². The van der Waals surface area contributed by atoms with Gasteiger partial charge in [-0.15, -0.1) is 0 Å². The minimum Gasteiger partial charge on any atom is -0.398 e. The van der Waals surface area contributed by atoms with Crippen molar-refractivity contribution in [2.45, 2.75) is 52.1 Å². The highest BCUT2D eigenvalue weighted by Crippen LogP contribution is 2.16. The van der Waals surface area contributed by atoms with E-state index in [2.05, 4.69) is 58.3 Å². The van der Waals surface area contributed by atoms with Gasteiger partial charge in [0.2, 0.25) is 0 Å². The van der Waals surface area contributed by atoms with Crippen molar-refractivity contribution in [1.29, 1.82) is 0 Å². The molecule has 1 aliphatic rings. The maximum atomic E-state index is 2.95. The lowest BCUT2D eigenvalue weighted by Gasteiger charge is -2.43. The summed E-state index contributed by atoms with van der Waals surface area (Å²) in [4.78, 5) is 2.53. The average Bonchev–Trinajstić information content (AvgIpc) is 2.23. The second-order valence-electron chi connectivity index (χ2n) is 8.02. The standard InChI is InChI=1S/C13H33N3Si2.Al.H/c1-16(12-8-10-14-17(2,3)4)13-9-11-15-18(5,6)7;;/h8-13H2,1-7H3;;/q-2;+2;. The zero-order valence-electron chi connectivity index (χ0n) is 14.3. The number of hydrogen-bond acceptors (Lipinski definition) is 3. The first kappa shape index (κ1) is 17.9. The van der Waals surface area contributed by atoms with Crippen molar-refractivity contribution >= 4 is 32.1 Å². The molecule has 19 heavy (non-hydrogen) atoms. The Labute approximate surface area is 129 Å². The lowest BCUT2D eigenvalue weighted by atomic mass is 10.3. The summed E-state index contributed by atoms with van der Waals surface area (Å²) in [5.41, 5.74) is 0. The van der Waals surface area contributed by atoms with E-state index < -0.39 is 16.5 Å². The van der Waals surface area contributed by atoms with Crippen LogP contribution in [-0.2, 0) is 0 Å². The molecule has 0 bridgehead atoms. The van der Waals surface area contributed by atoms with Crippen molar-refractivity contribution in [3.63, 3.8) is 0 Å². The molecule has 0 atom stereocenters. The summed E-state index contributed by atoms with van der Waals surface area (Å²) in [6.07, 6.45) is 2.71. The van der Waals surface area contributed by atoms with Gasteiger partial charge >= 0.3 is 15.7 Å². The Balaban J connectivity index is 2.80. The van der Waals surface area contributed by atoms with Crippen molar-refractivity contribution in [2.75, 3.05) is 33.2 Å². The molecule has 1 heterocycles. The number of hydrogen-bond donors (Lipinski definition) is 0. The molecule has 3 nitrogen and oxygen atoms in total. The zero-order chi connectivity index (χ0) is 14.7. The molecule has 0 aromatic carbocycles. The third-order valence-electron chi connectivity index (χ3n) is 4.17. The molecule has 0 unspecified atom stereocenters. The molecule has 1 saturated heterocycles. The van der Waals surface area contributed by atoms with E-state index in [0.29, 0.717) is 0 Å². The van der Waals surface area contributed by atoms with E-state index >= 15 is 0 Å². The highest BCUT2D eigenvalue weighted by atomic mass is 28.3. The van der Waals surface area contributed by atoms with Gasteiger partial charge in [0.25, 0.3) is 0 Å². The lowest BCUT2D eigenvalue weighted by molar-refractivity contribution is 0.303. The van der Waals surface area contributed by atoms with Crippen LogP contribution in [0.1, 0.15) is 12.8 Å². The Morgan fingerprint density at radius 3 is 1.37 bits per heavy atom. The summed E-state index contributed by atoms with van der Waals surface area (Å²) in [7, 11) is 0.0178. The van der Waals surface area contributed by atoms with Crippen molar-refractivity contribution < 1.29 is 0 Å². The summed E-state index contributed by atoms with van der Waals surface area (Å²) < 4.78 is 5.90. The van der Waals surface area contributed by atoms with Gasteiger partial charge in [-0.25, -0.2) is 0 Å². The van der Waals surface area contributed by atoms with Gasteiger partial charge in [-0.2, -0.15) is 0 Å². The van der Waals surface area contributed by atoms with E-state index in [1.54, 1.807) is 0 Å². The van der Waals surface area contributed by atoms with Crippen molar-refractivity contribution in [1.82, 2.24) is 12.0 Å². The molecule has 1 rings (SSSR count). The monoisotopic (exact) mass is 315 g/mol. The van der Waals surface area contributed by atoms with Gasteiger partial charge in [0, 0.05) is 0 Å². The summed E-state index contributed by atoms with van der Waals surface area (Å²) in [6.45, 7) is 20.4. The van der Waals surface area contributed by atoms with Gasteiger partial charge in [0.15, 0.2) is 0 Å². The Hall–Kier alpha value is 0.846. The summed E-state index contributed by atoms with van der Waals surface area (Å²) in [5.74, 6) is 0. The van der Waals surface area contributed by atoms with Crippen LogP contribution < -0.4 is 0 Å². The molecule has 112 valence electrons. The molecule has 0 aromatic heterocycles. The fourth-order valence-corrected chi connectivity index (χ4v) is 10.3. The predicted octanol–water partition coefficient (Wildman–Crippen LogP) is 2.25. The Morgan fingerprint density at radius 1 is 0.684 bits per heavy atom. The third kappa shape index (κ3) is 6.43. The van der Waals surface area contributed by atoms with Gasteiger partial charge in [-0.3, -0.25) is 0 Å². The molecule has 0 saturated carbocycles. The zero-order valence-corrected chi connectivity index (χ0v) is 17.7. The largest absolute Gasteiger partial charge is 0.448 e. The first-order valence-electron chi connectivity index (χ1n) is 7.79. The molecule has 0 amide bonds. The fraction of sp³-hybridized carbons (Fsp3) is 1.00. The first-order chi connectivity index (χ1) is 8.60. The summed E-state index contributed by atoms with van der Waals surface area (Å²) >= 11 is -0.212. The molecule has 6 heteroatoms. The van der Waals surface area contributed by atoms with E-state index in [9.17, 15) is 0 Å². The molecule has 0 radical (unpaired) electrons. The van der Waals surface area contributed by atoms with Crippen LogP contribution in [0, 0.1) is 0 Å². The topological polar surface area (TPSA) is 9.72 Å². The van der Waals surface area contributed by atoms with Crippen LogP contribution in [-0.4, -0.2) is 77.4 Å². The van der Waals surface area contributed by atoms with Crippen molar-refractivity contribution in [3.8, 4) is 0 Å². The van der Waals surface area contributed by atoms with E-state index in [0.717, 1.165) is 0 Å². The van der Waals surface area contributed by atoms with E-state index in [-0.39, 0.29) is 15.7 Å². The molecule has 1 fully saturated rings. The molecule has 0 spiro atoms. The van der Waals surface area contributed by atoms with Crippen molar-refractivity contribution in [2.24, 2.45) is 0 Å². The van der Waals surface area contributed by atoms with Gasteiger partial charge in [-0.05, 0) is 46.1 Å². The molecular weight excluding hydrogens is 281 g/mol. The van der Waals surface area contributed by atoms with Gasteiger partial charge in [0.05, 0.1) is 16.5 Å². The summed E-state index contributed by atoms with van der Waals surface area (Å²) in [5, 5.41) is 0. The molecule has 0 N–H and O–H groups in total. The van der Waals surface area contributed by atoms with Crippen LogP contribution in [0.2, 0.25) is 39.3 Å². The minimum atomic E-state index is -1.14. The van der Waals surface area contributed by atoms with Crippen LogP contribution in [0.3, 0.4) is 0 Å². The molecule has 0 aliphatic carbocycles. The quantitative estimate of drug-likeness (QED) is 0.724. The second-order valence-corrected chi connectivity index (χ2v) is 21.0. The SMILES string of the molecule is CN1CCC[N]([Si](C)(C)C)[AlH][N]([Si](C)(C)C)CCC1. The highest BCUT2D eigenvalue weighted by Gasteiger charge is 2.32. The van der Waals surface area contributed by atoms with Crippen LogP contribution in [0.25, 0.3) is 0 Å². The third-order valence-corrected chi connectivity index (χ3v) is 16.3. The lowest BCUT2D eigenvalue weighted by Crippen LogP contribution is -2.60. The summed E-state index contributed by atoms with van der Waals surface area (Å²) in [6, 6.07) is 0. The highest BCUT2D eigenvalue weighted by molar-refractivity contribution is 6.83. The predicted molar refractivity (Wildman–Crippen MR) is 94.0 cm³/mol. The molecular formula is C13H34AlN3Si2. The van der Waals surface area contributed by atoms with Crippen LogP contribution in [0.15, 0.2) is 0 Å². The second kappa shape index (κ2) is 7.21. The first-order valence-corrected chi connectivity index (χ1v) is 16.0. The van der Waals surface area contributed by atoms with Gasteiger partial charge < -0.3 is 12.0 Å². The molecule has 0 aromatic rings. The average molecular weight is 316 g/mol. The smallest absolute Gasteiger partial charge is 0.398 e. The Bertz CT molecular complexity index is 250. The van der Waals surface area contributed by atoms with E-state index in [4.69, 9.17) is 0 Å². The number of rotatable bonds is 2. The number of nitrogens with zero attached hydrogens (tertiary/aromatic N) is 3.